The molecule has 1 saturated carbocycles. The molecule has 1 aliphatic rings. The van der Waals surface area contributed by atoms with Gasteiger partial charge in [0.15, 0.2) is 5.13 Å². The van der Waals surface area contributed by atoms with Gasteiger partial charge in [-0.1, -0.05) is 30.6 Å². The van der Waals surface area contributed by atoms with E-state index in [1.54, 1.807) is 24.6 Å². The number of hydrogen-bond acceptors (Lipinski definition) is 5. The van der Waals surface area contributed by atoms with Gasteiger partial charge in [-0.3, -0.25) is 9.69 Å². The molecule has 0 N–H and O–H groups in total. The molecule has 7 heteroatoms. The average molecular weight is 399 g/mol. The van der Waals surface area contributed by atoms with Crippen LogP contribution in [0.4, 0.5) is 5.13 Å². The number of carbonyl (C=O) groups excluding carboxylic acids is 1. The molecule has 2 aromatic heterocycles. The van der Waals surface area contributed by atoms with Gasteiger partial charge >= 0.3 is 0 Å². The van der Waals surface area contributed by atoms with Crippen molar-refractivity contribution in [3.8, 4) is 5.75 Å². The van der Waals surface area contributed by atoms with Crippen molar-refractivity contribution in [2.45, 2.75) is 45.1 Å². The number of rotatable bonds is 7. The van der Waals surface area contributed by atoms with E-state index >= 15 is 0 Å². The summed E-state index contributed by atoms with van der Waals surface area (Å²) >= 11 is 1.57. The summed E-state index contributed by atoms with van der Waals surface area (Å²) in [7, 11) is 1.66. The summed E-state index contributed by atoms with van der Waals surface area (Å²) in [6.07, 6.45) is 12.0. The zero-order valence-electron chi connectivity index (χ0n) is 16.2. The lowest BCUT2D eigenvalue weighted by atomic mass is 9.88. The first-order chi connectivity index (χ1) is 13.7. The van der Waals surface area contributed by atoms with E-state index in [1.165, 1.54) is 6.42 Å². The first-order valence-electron chi connectivity index (χ1n) is 9.96. The molecule has 0 bridgehead atoms. The number of thiazole rings is 1. The number of fused-ring (bicyclic) bond motifs is 1. The van der Waals surface area contributed by atoms with Crippen LogP contribution in [0.1, 0.15) is 38.5 Å². The Kier molecular flexibility index (Phi) is 5.90. The minimum absolute atomic E-state index is 0.128. The molecule has 1 aliphatic carbocycles. The Morgan fingerprint density at radius 3 is 2.93 bits per heavy atom. The lowest BCUT2D eigenvalue weighted by Gasteiger charge is -2.27. The van der Waals surface area contributed by atoms with Gasteiger partial charge in [0.25, 0.3) is 0 Å². The molecule has 4 rings (SSSR count). The van der Waals surface area contributed by atoms with Crippen molar-refractivity contribution in [2.24, 2.45) is 5.92 Å². The third kappa shape index (κ3) is 4.19. The van der Waals surface area contributed by atoms with Crippen molar-refractivity contribution in [3.63, 3.8) is 0 Å². The summed E-state index contributed by atoms with van der Waals surface area (Å²) < 4.78 is 8.43. The molecule has 1 amide bonds. The Morgan fingerprint density at radius 2 is 2.18 bits per heavy atom. The van der Waals surface area contributed by atoms with Crippen molar-refractivity contribution in [3.05, 3.63) is 36.9 Å². The Labute approximate surface area is 169 Å². The summed E-state index contributed by atoms with van der Waals surface area (Å²) in [5.41, 5.74) is 0.914. The van der Waals surface area contributed by atoms with E-state index in [2.05, 4.69) is 4.98 Å². The fourth-order valence-corrected chi connectivity index (χ4v) is 4.86. The molecule has 3 aromatic rings. The van der Waals surface area contributed by atoms with Crippen molar-refractivity contribution in [2.75, 3.05) is 18.6 Å². The number of aryl methyl sites for hydroxylation is 1. The molecule has 1 aromatic carbocycles. The van der Waals surface area contributed by atoms with Crippen LogP contribution in [0.3, 0.4) is 0 Å². The second kappa shape index (κ2) is 8.73. The third-order valence-electron chi connectivity index (χ3n) is 5.39. The van der Waals surface area contributed by atoms with Crippen LogP contribution in [0.15, 0.2) is 36.9 Å². The lowest BCUT2D eigenvalue weighted by molar-refractivity contribution is -0.123. The van der Waals surface area contributed by atoms with Gasteiger partial charge in [0.2, 0.25) is 5.91 Å². The number of amides is 1. The molecule has 0 radical (unpaired) electrons. The van der Waals surface area contributed by atoms with Crippen LogP contribution in [-0.2, 0) is 11.3 Å². The van der Waals surface area contributed by atoms with Crippen LogP contribution in [0, 0.1) is 5.92 Å². The Morgan fingerprint density at radius 1 is 1.32 bits per heavy atom. The number of ether oxygens (including phenoxy) is 1. The van der Waals surface area contributed by atoms with Crippen LogP contribution in [0.2, 0.25) is 0 Å². The normalized spacial score (nSPS) is 15.0. The van der Waals surface area contributed by atoms with Crippen LogP contribution >= 0.6 is 11.3 Å². The number of imidazole rings is 1. The van der Waals surface area contributed by atoms with Crippen molar-refractivity contribution < 1.29 is 9.53 Å². The molecule has 148 valence electrons. The van der Waals surface area contributed by atoms with E-state index in [-0.39, 0.29) is 11.8 Å². The zero-order chi connectivity index (χ0) is 19.3. The highest BCUT2D eigenvalue weighted by Gasteiger charge is 2.28. The quantitative estimate of drug-likeness (QED) is 0.588. The molecule has 0 saturated heterocycles. The molecule has 2 heterocycles. The highest BCUT2D eigenvalue weighted by atomic mass is 32.1. The van der Waals surface area contributed by atoms with Gasteiger partial charge < -0.3 is 9.30 Å². The SMILES string of the molecule is COc1ccc2nc(N(CCCn3ccnc3)C(=O)C3CCCCC3)sc2c1. The van der Waals surface area contributed by atoms with Gasteiger partial charge in [0, 0.05) is 31.4 Å². The van der Waals surface area contributed by atoms with Crippen molar-refractivity contribution in [1.29, 1.82) is 0 Å². The number of benzene rings is 1. The predicted molar refractivity (Wildman–Crippen MR) is 112 cm³/mol. The number of nitrogens with zero attached hydrogens (tertiary/aromatic N) is 4. The molecule has 0 atom stereocenters. The van der Waals surface area contributed by atoms with Gasteiger partial charge in [0.1, 0.15) is 5.75 Å². The van der Waals surface area contributed by atoms with Crippen LogP contribution in [0.25, 0.3) is 10.2 Å². The summed E-state index contributed by atoms with van der Waals surface area (Å²) in [5, 5.41) is 0.796. The number of anilines is 1. The molecule has 0 aliphatic heterocycles. The monoisotopic (exact) mass is 398 g/mol. The number of aromatic nitrogens is 3. The van der Waals surface area contributed by atoms with Gasteiger partial charge in [-0.2, -0.15) is 0 Å². The molecule has 6 nitrogen and oxygen atoms in total. The van der Waals surface area contributed by atoms with E-state index in [1.807, 2.05) is 40.2 Å². The molecule has 0 unspecified atom stereocenters. The highest BCUT2D eigenvalue weighted by molar-refractivity contribution is 7.22. The fraction of sp³-hybridized carbons (Fsp3) is 0.476. The summed E-state index contributed by atoms with van der Waals surface area (Å²) in [5.74, 6) is 1.17. The summed E-state index contributed by atoms with van der Waals surface area (Å²) in [6, 6.07) is 5.87. The van der Waals surface area contributed by atoms with Gasteiger partial charge in [-0.25, -0.2) is 9.97 Å². The van der Waals surface area contributed by atoms with Gasteiger partial charge in [-0.05, 0) is 37.5 Å². The largest absolute Gasteiger partial charge is 0.497 e. The van der Waals surface area contributed by atoms with Crippen molar-refractivity contribution in [1.82, 2.24) is 14.5 Å². The van der Waals surface area contributed by atoms with Gasteiger partial charge in [0.05, 0.1) is 23.7 Å². The molecule has 0 spiro atoms. The minimum Gasteiger partial charge on any atom is -0.497 e. The van der Waals surface area contributed by atoms with Crippen LogP contribution < -0.4 is 9.64 Å². The maximum Gasteiger partial charge on any atom is 0.231 e. The van der Waals surface area contributed by atoms with E-state index in [4.69, 9.17) is 9.72 Å². The molecule has 1 fully saturated rings. The maximum atomic E-state index is 13.3. The lowest BCUT2D eigenvalue weighted by Crippen LogP contribution is -2.38. The summed E-state index contributed by atoms with van der Waals surface area (Å²) in [4.78, 5) is 24.1. The Bertz CT molecular complexity index is 916. The first-order valence-corrected chi connectivity index (χ1v) is 10.8. The summed E-state index contributed by atoms with van der Waals surface area (Å²) in [6.45, 7) is 1.51. The van der Waals surface area contributed by atoms with Crippen LogP contribution in [0.5, 0.6) is 5.75 Å². The van der Waals surface area contributed by atoms with Crippen LogP contribution in [-0.4, -0.2) is 34.1 Å². The topological polar surface area (TPSA) is 60.2 Å². The average Bonchev–Trinajstić information content (AvgIpc) is 3.40. The Balaban J connectivity index is 1.56. The van der Waals surface area contributed by atoms with Gasteiger partial charge in [-0.15, -0.1) is 0 Å². The van der Waals surface area contributed by atoms with E-state index in [0.717, 1.165) is 59.7 Å². The molecule has 28 heavy (non-hydrogen) atoms. The highest BCUT2D eigenvalue weighted by Crippen LogP contribution is 2.34. The number of methoxy groups -OCH3 is 1. The zero-order valence-corrected chi connectivity index (χ0v) is 17.0. The second-order valence-corrected chi connectivity index (χ2v) is 8.32. The van der Waals surface area contributed by atoms with Crippen molar-refractivity contribution >= 4 is 32.6 Å². The fourth-order valence-electron chi connectivity index (χ4n) is 3.84. The Hall–Kier alpha value is -2.41. The smallest absolute Gasteiger partial charge is 0.231 e. The number of carbonyl (C=O) groups is 1. The van der Waals surface area contributed by atoms with E-state index < -0.39 is 0 Å². The molecular formula is C21H26N4O2S. The first kappa shape index (κ1) is 18.9. The standard InChI is InChI=1S/C21H26N4O2S/c1-27-17-8-9-18-19(14-17)28-21(23-18)25(12-5-11-24-13-10-22-15-24)20(26)16-6-3-2-4-7-16/h8-10,13-16H,2-7,11-12H2,1H3. The third-order valence-corrected chi connectivity index (χ3v) is 6.43. The minimum atomic E-state index is 0.128. The predicted octanol–water partition coefficient (Wildman–Crippen LogP) is 4.51. The second-order valence-electron chi connectivity index (χ2n) is 7.31. The number of hydrogen-bond donors (Lipinski definition) is 0. The van der Waals surface area contributed by atoms with E-state index in [0.29, 0.717) is 6.54 Å². The molecular weight excluding hydrogens is 372 g/mol. The maximum absolute atomic E-state index is 13.3. The van der Waals surface area contributed by atoms with E-state index in [9.17, 15) is 4.79 Å².